The lowest BCUT2D eigenvalue weighted by Gasteiger charge is -2.13. The lowest BCUT2D eigenvalue weighted by atomic mass is 10.1. The number of rotatable bonds is 8. The van der Waals surface area contributed by atoms with E-state index in [4.69, 9.17) is 44.3 Å². The van der Waals surface area contributed by atoms with Crippen LogP contribution >= 0.6 is 34.8 Å². The number of para-hydroxylation sites is 1. The summed E-state index contributed by atoms with van der Waals surface area (Å²) in [6.45, 7) is 2.57. The number of nitrogens with zero attached hydrogens (tertiary/aromatic N) is 1. The van der Waals surface area contributed by atoms with Gasteiger partial charge in [-0.05, 0) is 60.5 Å². The highest BCUT2D eigenvalue weighted by Gasteiger charge is 2.15. The molecule has 5 nitrogen and oxygen atoms in total. The molecular weight excluding hydrogens is 483 g/mol. The van der Waals surface area contributed by atoms with E-state index in [2.05, 4.69) is 5.32 Å². The quantitative estimate of drug-likeness (QED) is 0.262. The van der Waals surface area contributed by atoms with Crippen molar-refractivity contribution in [3.63, 3.8) is 0 Å². The predicted molar refractivity (Wildman–Crippen MR) is 132 cm³/mol. The van der Waals surface area contributed by atoms with Gasteiger partial charge in [-0.3, -0.25) is 4.79 Å². The first kappa shape index (κ1) is 24.5. The van der Waals surface area contributed by atoms with Crippen LogP contribution in [0.2, 0.25) is 15.1 Å². The Morgan fingerprint density at radius 2 is 1.73 bits per heavy atom. The molecule has 0 heterocycles. The monoisotopic (exact) mass is 500 g/mol. The van der Waals surface area contributed by atoms with E-state index >= 15 is 0 Å². The van der Waals surface area contributed by atoms with Crippen LogP contribution in [0, 0.1) is 11.3 Å². The number of nitriles is 1. The zero-order chi connectivity index (χ0) is 23.8. The number of amides is 1. The zero-order valence-corrected chi connectivity index (χ0v) is 19.8. The smallest absolute Gasteiger partial charge is 0.266 e. The molecule has 8 heteroatoms. The fourth-order valence-electron chi connectivity index (χ4n) is 2.90. The van der Waals surface area contributed by atoms with Gasteiger partial charge in [0.25, 0.3) is 5.91 Å². The van der Waals surface area contributed by atoms with Crippen LogP contribution in [0.3, 0.4) is 0 Å². The van der Waals surface area contributed by atoms with Gasteiger partial charge < -0.3 is 14.8 Å². The first-order valence-electron chi connectivity index (χ1n) is 9.92. The molecule has 0 aromatic heterocycles. The van der Waals surface area contributed by atoms with Crippen molar-refractivity contribution in [1.82, 2.24) is 0 Å². The normalized spacial score (nSPS) is 10.9. The molecule has 0 aliphatic heterocycles. The van der Waals surface area contributed by atoms with Gasteiger partial charge in [0.1, 0.15) is 18.2 Å². The van der Waals surface area contributed by atoms with E-state index in [1.807, 2.05) is 31.2 Å². The summed E-state index contributed by atoms with van der Waals surface area (Å²) in [4.78, 5) is 12.6. The molecule has 3 rings (SSSR count). The van der Waals surface area contributed by atoms with Gasteiger partial charge >= 0.3 is 0 Å². The summed E-state index contributed by atoms with van der Waals surface area (Å²) >= 11 is 18.2. The van der Waals surface area contributed by atoms with Gasteiger partial charge in [0.15, 0.2) is 11.5 Å². The molecule has 33 heavy (non-hydrogen) atoms. The van der Waals surface area contributed by atoms with Crippen molar-refractivity contribution in [3.05, 3.63) is 92.4 Å². The Labute approximate surface area is 207 Å². The number of carbonyl (C=O) groups is 1. The van der Waals surface area contributed by atoms with Gasteiger partial charge in [0.05, 0.1) is 22.3 Å². The molecule has 0 radical (unpaired) electrons. The Kier molecular flexibility index (Phi) is 8.62. The number of hydrogen-bond acceptors (Lipinski definition) is 4. The van der Waals surface area contributed by atoms with Crippen molar-refractivity contribution >= 4 is 52.5 Å². The second-order valence-corrected chi connectivity index (χ2v) is 8.03. The molecular formula is C25H19Cl3N2O3. The maximum absolute atomic E-state index is 12.6. The van der Waals surface area contributed by atoms with Gasteiger partial charge in [-0.2, -0.15) is 5.26 Å². The summed E-state index contributed by atoms with van der Waals surface area (Å²) in [6.07, 6.45) is 1.45. The molecule has 0 saturated heterocycles. The number of anilines is 1. The fraction of sp³-hybridized carbons (Fsp3) is 0.120. The van der Waals surface area contributed by atoms with Crippen molar-refractivity contribution in [2.24, 2.45) is 0 Å². The van der Waals surface area contributed by atoms with Crippen LogP contribution in [0.15, 0.2) is 66.2 Å². The topological polar surface area (TPSA) is 71.3 Å². The average Bonchev–Trinajstić information content (AvgIpc) is 2.79. The molecule has 0 saturated carbocycles. The van der Waals surface area contributed by atoms with Crippen LogP contribution in [0.4, 0.5) is 5.69 Å². The summed E-state index contributed by atoms with van der Waals surface area (Å²) in [6, 6.07) is 19.3. The number of ether oxygens (including phenoxy) is 2. The number of hydrogen-bond donors (Lipinski definition) is 1. The summed E-state index contributed by atoms with van der Waals surface area (Å²) in [5.74, 6) is 0.381. The van der Waals surface area contributed by atoms with Crippen LogP contribution in [-0.4, -0.2) is 12.5 Å². The van der Waals surface area contributed by atoms with E-state index in [1.54, 1.807) is 42.5 Å². The Balaban J connectivity index is 1.81. The largest absolute Gasteiger partial charge is 0.490 e. The summed E-state index contributed by atoms with van der Waals surface area (Å²) in [7, 11) is 0. The highest BCUT2D eigenvalue weighted by molar-refractivity contribution is 6.40. The molecule has 1 amide bonds. The van der Waals surface area contributed by atoms with Gasteiger partial charge in [0.2, 0.25) is 0 Å². The van der Waals surface area contributed by atoms with Crippen LogP contribution in [0.5, 0.6) is 11.5 Å². The first-order chi connectivity index (χ1) is 15.9. The van der Waals surface area contributed by atoms with Crippen molar-refractivity contribution in [2.45, 2.75) is 13.5 Å². The lowest BCUT2D eigenvalue weighted by Crippen LogP contribution is -2.14. The van der Waals surface area contributed by atoms with Crippen molar-refractivity contribution in [2.75, 3.05) is 11.9 Å². The molecule has 0 aliphatic rings. The molecule has 0 bridgehead atoms. The highest BCUT2D eigenvalue weighted by Crippen LogP contribution is 2.32. The molecule has 0 spiro atoms. The zero-order valence-electron chi connectivity index (χ0n) is 17.6. The third kappa shape index (κ3) is 6.66. The standard InChI is InChI=1S/C25H19Cl3N2O3/c1-2-32-23-13-16(9-10-22(23)33-15-17-5-3-6-19(26)12-17)11-18(14-29)25(31)30-24-20(27)7-4-8-21(24)28/h3-13H,2,15H2,1H3,(H,30,31)/b18-11+. The first-order valence-corrected chi connectivity index (χ1v) is 11.1. The molecule has 1 N–H and O–H groups in total. The number of benzene rings is 3. The SMILES string of the molecule is CCOc1cc(/C=C(\C#N)C(=O)Nc2c(Cl)cccc2Cl)ccc1OCc1cccc(Cl)c1. The summed E-state index contributed by atoms with van der Waals surface area (Å²) < 4.78 is 11.6. The molecule has 168 valence electrons. The van der Waals surface area contributed by atoms with Crippen molar-refractivity contribution in [1.29, 1.82) is 5.26 Å². The van der Waals surface area contributed by atoms with E-state index in [9.17, 15) is 10.1 Å². The van der Waals surface area contributed by atoms with E-state index in [1.165, 1.54) is 6.08 Å². The Morgan fingerprint density at radius 1 is 1.00 bits per heavy atom. The second kappa shape index (κ2) is 11.6. The Morgan fingerprint density at radius 3 is 2.39 bits per heavy atom. The molecule has 0 atom stereocenters. The average molecular weight is 502 g/mol. The minimum atomic E-state index is -0.633. The van der Waals surface area contributed by atoms with Gasteiger partial charge in [0, 0.05) is 5.02 Å². The van der Waals surface area contributed by atoms with Crippen LogP contribution < -0.4 is 14.8 Å². The number of nitrogens with one attached hydrogen (secondary N) is 1. The number of carbonyl (C=O) groups excluding carboxylic acids is 1. The molecule has 0 aliphatic carbocycles. The third-order valence-electron chi connectivity index (χ3n) is 4.43. The second-order valence-electron chi connectivity index (χ2n) is 6.78. The van der Waals surface area contributed by atoms with Crippen molar-refractivity contribution < 1.29 is 14.3 Å². The van der Waals surface area contributed by atoms with E-state index in [0.29, 0.717) is 35.3 Å². The van der Waals surface area contributed by atoms with Crippen molar-refractivity contribution in [3.8, 4) is 17.6 Å². The number of halogens is 3. The van der Waals surface area contributed by atoms with Crippen LogP contribution in [-0.2, 0) is 11.4 Å². The molecule has 0 fully saturated rings. The van der Waals surface area contributed by atoms with Gasteiger partial charge in [-0.25, -0.2) is 0 Å². The maximum atomic E-state index is 12.6. The third-order valence-corrected chi connectivity index (χ3v) is 5.29. The fourth-order valence-corrected chi connectivity index (χ4v) is 3.61. The minimum absolute atomic E-state index is 0.124. The highest BCUT2D eigenvalue weighted by atomic mass is 35.5. The Bertz CT molecular complexity index is 1220. The lowest BCUT2D eigenvalue weighted by molar-refractivity contribution is -0.112. The molecule has 0 unspecified atom stereocenters. The van der Waals surface area contributed by atoms with E-state index in [-0.39, 0.29) is 21.3 Å². The van der Waals surface area contributed by atoms with E-state index < -0.39 is 5.91 Å². The van der Waals surface area contributed by atoms with Gasteiger partial charge in [-0.1, -0.05) is 59.1 Å². The minimum Gasteiger partial charge on any atom is -0.490 e. The van der Waals surface area contributed by atoms with Crippen LogP contribution in [0.1, 0.15) is 18.1 Å². The summed E-state index contributed by atoms with van der Waals surface area (Å²) in [5, 5.41) is 13.3. The summed E-state index contributed by atoms with van der Waals surface area (Å²) in [5.41, 5.74) is 1.62. The van der Waals surface area contributed by atoms with Gasteiger partial charge in [-0.15, -0.1) is 0 Å². The molecule has 3 aromatic rings. The van der Waals surface area contributed by atoms with E-state index in [0.717, 1.165) is 5.56 Å². The predicted octanol–water partition coefficient (Wildman–Crippen LogP) is 7.17. The molecule has 3 aromatic carbocycles. The van der Waals surface area contributed by atoms with Crippen LogP contribution in [0.25, 0.3) is 6.08 Å². The maximum Gasteiger partial charge on any atom is 0.266 e. The Hall–Kier alpha value is -3.17.